The average molecular weight is 529 g/mol. The Hall–Kier alpha value is -3.56. The van der Waals surface area contributed by atoms with E-state index in [1.807, 2.05) is 36.5 Å². The molecule has 1 fully saturated rings. The molecule has 9 heteroatoms. The fourth-order valence-electron chi connectivity index (χ4n) is 4.95. The van der Waals surface area contributed by atoms with E-state index in [-0.39, 0.29) is 6.04 Å². The van der Waals surface area contributed by atoms with E-state index in [1.54, 1.807) is 0 Å². The normalized spacial score (nSPS) is 16.0. The topological polar surface area (TPSA) is 72.5 Å². The molecular weight excluding hydrogens is 492 g/mol. The van der Waals surface area contributed by atoms with Crippen LogP contribution in [0.4, 0.5) is 17.5 Å². The summed E-state index contributed by atoms with van der Waals surface area (Å²) in [6, 6.07) is 18.6. The highest BCUT2D eigenvalue weighted by Crippen LogP contribution is 2.28. The van der Waals surface area contributed by atoms with Gasteiger partial charge in [0.2, 0.25) is 5.95 Å². The van der Waals surface area contributed by atoms with Gasteiger partial charge < -0.3 is 25.3 Å². The first kappa shape index (κ1) is 26.1. The van der Waals surface area contributed by atoms with Gasteiger partial charge in [-0.1, -0.05) is 32.0 Å². The summed E-state index contributed by atoms with van der Waals surface area (Å²) >= 11 is 5.95. The van der Waals surface area contributed by atoms with E-state index in [1.165, 1.54) is 0 Å². The molecule has 1 aliphatic rings. The van der Waals surface area contributed by atoms with Gasteiger partial charge in [-0.15, -0.1) is 0 Å². The van der Waals surface area contributed by atoms with Crippen molar-refractivity contribution in [3.05, 3.63) is 60.8 Å². The van der Waals surface area contributed by atoms with Crippen LogP contribution in [0.25, 0.3) is 21.8 Å². The van der Waals surface area contributed by atoms with Gasteiger partial charge in [0.15, 0.2) is 5.11 Å². The minimum absolute atomic E-state index is 0.220. The van der Waals surface area contributed by atoms with E-state index in [4.69, 9.17) is 22.2 Å². The molecule has 3 heterocycles. The van der Waals surface area contributed by atoms with Crippen LogP contribution in [0, 0.1) is 5.92 Å². The minimum Gasteiger partial charge on any atom is -0.368 e. The first-order valence-corrected chi connectivity index (χ1v) is 13.6. The van der Waals surface area contributed by atoms with Gasteiger partial charge >= 0.3 is 0 Å². The SMILES string of the molecule is CC(C)C1CN(c2nc(NCCN(C)C)c3ccccc3n2)CCN1C(=S)Nc1cccc2ncccc12. The lowest BCUT2D eigenvalue weighted by Crippen LogP contribution is -2.58. The molecule has 0 aliphatic carbocycles. The molecule has 2 N–H and O–H groups in total. The highest BCUT2D eigenvalue weighted by atomic mass is 32.1. The maximum atomic E-state index is 5.95. The van der Waals surface area contributed by atoms with Crippen molar-refractivity contribution >= 4 is 56.6 Å². The van der Waals surface area contributed by atoms with Crippen LogP contribution < -0.4 is 15.5 Å². The fraction of sp³-hybridized carbons (Fsp3) is 0.379. The molecule has 2 aromatic carbocycles. The smallest absolute Gasteiger partial charge is 0.228 e. The predicted octanol–water partition coefficient (Wildman–Crippen LogP) is 4.70. The van der Waals surface area contributed by atoms with Crippen LogP contribution in [-0.4, -0.2) is 82.7 Å². The number of nitrogens with zero attached hydrogens (tertiary/aromatic N) is 6. The molecule has 1 unspecified atom stereocenters. The summed E-state index contributed by atoms with van der Waals surface area (Å²) in [5, 5.41) is 9.90. The molecule has 0 amide bonds. The second-order valence-corrected chi connectivity index (χ2v) is 10.8. The number of hydrogen-bond donors (Lipinski definition) is 2. The number of rotatable bonds is 7. The van der Waals surface area contributed by atoms with E-state index >= 15 is 0 Å². The number of benzene rings is 2. The van der Waals surface area contributed by atoms with Gasteiger partial charge in [0.1, 0.15) is 5.82 Å². The monoisotopic (exact) mass is 528 g/mol. The van der Waals surface area contributed by atoms with Gasteiger partial charge in [0.05, 0.1) is 17.1 Å². The van der Waals surface area contributed by atoms with Crippen LogP contribution in [0.15, 0.2) is 60.8 Å². The highest BCUT2D eigenvalue weighted by molar-refractivity contribution is 7.80. The summed E-state index contributed by atoms with van der Waals surface area (Å²) in [5.74, 6) is 2.04. The fourth-order valence-corrected chi connectivity index (χ4v) is 5.29. The van der Waals surface area contributed by atoms with Crippen molar-refractivity contribution in [3.8, 4) is 0 Å². The van der Waals surface area contributed by atoms with Crippen LogP contribution in [0.1, 0.15) is 13.8 Å². The molecule has 0 radical (unpaired) electrons. The summed E-state index contributed by atoms with van der Waals surface area (Å²) in [6.07, 6.45) is 1.82. The molecule has 38 heavy (non-hydrogen) atoms. The summed E-state index contributed by atoms with van der Waals surface area (Å²) in [5.41, 5.74) is 2.89. The molecule has 8 nitrogen and oxygen atoms in total. The largest absolute Gasteiger partial charge is 0.368 e. The number of para-hydroxylation sites is 1. The molecule has 1 atom stereocenters. The quantitative estimate of drug-likeness (QED) is 0.332. The van der Waals surface area contributed by atoms with E-state index in [0.29, 0.717) is 5.92 Å². The Morgan fingerprint density at radius 3 is 2.61 bits per heavy atom. The molecule has 0 bridgehead atoms. The molecule has 0 spiro atoms. The van der Waals surface area contributed by atoms with Gasteiger partial charge in [0.25, 0.3) is 0 Å². The van der Waals surface area contributed by atoms with Gasteiger partial charge in [-0.05, 0) is 68.6 Å². The van der Waals surface area contributed by atoms with Crippen molar-refractivity contribution in [1.29, 1.82) is 0 Å². The number of piperazine rings is 1. The maximum Gasteiger partial charge on any atom is 0.228 e. The average Bonchev–Trinajstić information content (AvgIpc) is 2.92. The summed E-state index contributed by atoms with van der Waals surface area (Å²) < 4.78 is 0. The van der Waals surface area contributed by atoms with Gasteiger partial charge in [-0.25, -0.2) is 4.98 Å². The van der Waals surface area contributed by atoms with Crippen LogP contribution in [0.3, 0.4) is 0 Å². The third-order valence-corrected chi connectivity index (χ3v) is 7.40. The van der Waals surface area contributed by atoms with E-state index in [0.717, 1.165) is 77.1 Å². The Labute approximate surface area is 230 Å². The molecule has 1 aliphatic heterocycles. The number of likely N-dealkylation sites (N-methyl/N-ethyl adjacent to an activating group) is 1. The van der Waals surface area contributed by atoms with Gasteiger partial charge in [0, 0.05) is 55.4 Å². The number of hydrogen-bond acceptors (Lipinski definition) is 7. The Bertz CT molecular complexity index is 1420. The molecule has 4 aromatic rings. The van der Waals surface area contributed by atoms with Crippen LogP contribution >= 0.6 is 12.2 Å². The Balaban J connectivity index is 1.36. The molecular formula is C29H36N8S. The van der Waals surface area contributed by atoms with Crippen molar-refractivity contribution in [2.75, 3.05) is 62.4 Å². The number of fused-ring (bicyclic) bond motifs is 2. The maximum absolute atomic E-state index is 5.95. The second-order valence-electron chi connectivity index (χ2n) is 10.4. The van der Waals surface area contributed by atoms with Crippen LogP contribution in [0.5, 0.6) is 0 Å². The third-order valence-electron chi connectivity index (χ3n) is 7.06. The molecule has 5 rings (SSSR count). The number of anilines is 3. The molecule has 198 valence electrons. The zero-order valence-corrected chi connectivity index (χ0v) is 23.4. The first-order chi connectivity index (χ1) is 18.4. The lowest BCUT2D eigenvalue weighted by molar-refractivity contribution is 0.227. The Morgan fingerprint density at radius 2 is 1.79 bits per heavy atom. The van der Waals surface area contributed by atoms with Crippen molar-refractivity contribution in [2.45, 2.75) is 19.9 Å². The summed E-state index contributed by atoms with van der Waals surface area (Å²) in [4.78, 5) is 21.2. The highest BCUT2D eigenvalue weighted by Gasteiger charge is 2.32. The lowest BCUT2D eigenvalue weighted by Gasteiger charge is -2.44. The summed E-state index contributed by atoms with van der Waals surface area (Å²) in [6.45, 7) is 8.63. The van der Waals surface area contributed by atoms with Gasteiger partial charge in [-0.2, -0.15) is 4.98 Å². The number of pyridine rings is 1. The predicted molar refractivity (Wildman–Crippen MR) is 162 cm³/mol. The van der Waals surface area contributed by atoms with E-state index < -0.39 is 0 Å². The van der Waals surface area contributed by atoms with Crippen molar-refractivity contribution in [3.63, 3.8) is 0 Å². The third kappa shape index (κ3) is 5.63. The Kier molecular flexibility index (Phi) is 7.85. The zero-order valence-electron chi connectivity index (χ0n) is 22.6. The summed E-state index contributed by atoms with van der Waals surface area (Å²) in [7, 11) is 4.15. The number of nitrogens with one attached hydrogen (secondary N) is 2. The van der Waals surface area contributed by atoms with E-state index in [9.17, 15) is 0 Å². The standard InChI is InChI=1S/C29H36N8S/c1-20(2)26-19-36(28-32-25-11-6-5-9-22(25)27(34-28)31-15-16-35(3)4)17-18-37(26)29(38)33-24-13-7-12-23-21(24)10-8-14-30-23/h5-14,20,26H,15-19H2,1-4H3,(H,33,38)(H,31,32,34). The van der Waals surface area contributed by atoms with Crippen molar-refractivity contribution in [1.82, 2.24) is 24.8 Å². The molecule has 1 saturated heterocycles. The molecule has 2 aromatic heterocycles. The number of thiocarbonyl (C=S) groups is 1. The van der Waals surface area contributed by atoms with Gasteiger partial charge in [-0.3, -0.25) is 4.98 Å². The first-order valence-electron chi connectivity index (χ1n) is 13.2. The van der Waals surface area contributed by atoms with Crippen LogP contribution in [-0.2, 0) is 0 Å². The van der Waals surface area contributed by atoms with Crippen molar-refractivity contribution in [2.24, 2.45) is 5.92 Å². The van der Waals surface area contributed by atoms with Crippen molar-refractivity contribution < 1.29 is 0 Å². The van der Waals surface area contributed by atoms with E-state index in [2.05, 4.69) is 82.5 Å². The lowest BCUT2D eigenvalue weighted by atomic mass is 10.00. The Morgan fingerprint density at radius 1 is 1.00 bits per heavy atom. The minimum atomic E-state index is 0.220. The second kappa shape index (κ2) is 11.4. The van der Waals surface area contributed by atoms with Crippen LogP contribution in [0.2, 0.25) is 0 Å². The zero-order chi connectivity index (χ0) is 26.6. The number of aromatic nitrogens is 3. The molecule has 0 saturated carbocycles.